The van der Waals surface area contributed by atoms with Gasteiger partial charge in [-0.1, -0.05) is 0 Å². The standard InChI is InChI=1S/C13H13BrFN3O/c1-8(16)4-9-6-17-13(18-7-9)19-12-5-10(15)2-3-11(12)14/h2-3,5-8H,4,16H2,1H3. The Balaban J connectivity index is 2.13. The first-order valence-corrected chi connectivity index (χ1v) is 6.53. The number of ether oxygens (including phenoxy) is 1. The molecule has 0 bridgehead atoms. The maximum absolute atomic E-state index is 13.1. The molecule has 0 aliphatic heterocycles. The monoisotopic (exact) mass is 325 g/mol. The lowest BCUT2D eigenvalue weighted by atomic mass is 10.1. The Hall–Kier alpha value is -1.53. The SMILES string of the molecule is CC(N)Cc1cnc(Oc2cc(F)ccc2Br)nc1. The molecule has 2 N–H and O–H groups in total. The number of nitrogens with two attached hydrogens (primary N) is 1. The second-order valence-electron chi connectivity index (χ2n) is 4.23. The highest BCUT2D eigenvalue weighted by Gasteiger charge is 2.07. The van der Waals surface area contributed by atoms with Gasteiger partial charge in [0.25, 0.3) is 0 Å². The molecule has 0 aliphatic carbocycles. The topological polar surface area (TPSA) is 61.0 Å². The van der Waals surface area contributed by atoms with Gasteiger partial charge >= 0.3 is 6.01 Å². The second-order valence-corrected chi connectivity index (χ2v) is 5.09. The van der Waals surface area contributed by atoms with E-state index in [9.17, 15) is 4.39 Å². The van der Waals surface area contributed by atoms with E-state index in [1.807, 2.05) is 6.92 Å². The van der Waals surface area contributed by atoms with Crippen molar-refractivity contribution in [3.05, 3.63) is 46.4 Å². The Bertz CT molecular complexity index is 560. The fourth-order valence-corrected chi connectivity index (χ4v) is 1.85. The van der Waals surface area contributed by atoms with Gasteiger partial charge in [-0.05, 0) is 47.0 Å². The Morgan fingerprint density at radius 1 is 1.37 bits per heavy atom. The minimum Gasteiger partial charge on any atom is -0.423 e. The molecule has 0 fully saturated rings. The highest BCUT2D eigenvalue weighted by molar-refractivity contribution is 9.10. The van der Waals surface area contributed by atoms with Crippen molar-refractivity contribution in [2.75, 3.05) is 0 Å². The van der Waals surface area contributed by atoms with Crippen LogP contribution < -0.4 is 10.5 Å². The van der Waals surface area contributed by atoms with Crippen molar-refractivity contribution in [1.29, 1.82) is 0 Å². The van der Waals surface area contributed by atoms with Crippen LogP contribution >= 0.6 is 15.9 Å². The molecule has 1 atom stereocenters. The maximum Gasteiger partial charge on any atom is 0.321 e. The summed E-state index contributed by atoms with van der Waals surface area (Å²) in [6, 6.07) is 4.38. The average Bonchev–Trinajstić information content (AvgIpc) is 2.35. The van der Waals surface area contributed by atoms with Crippen LogP contribution in [0.2, 0.25) is 0 Å². The molecule has 1 heterocycles. The van der Waals surface area contributed by atoms with Crippen molar-refractivity contribution >= 4 is 15.9 Å². The fourth-order valence-electron chi connectivity index (χ4n) is 1.53. The van der Waals surface area contributed by atoms with Crippen LogP contribution in [0.25, 0.3) is 0 Å². The zero-order valence-corrected chi connectivity index (χ0v) is 11.9. The normalized spacial score (nSPS) is 12.2. The number of aromatic nitrogens is 2. The van der Waals surface area contributed by atoms with Gasteiger partial charge in [-0.25, -0.2) is 14.4 Å². The lowest BCUT2D eigenvalue weighted by molar-refractivity contribution is 0.434. The molecule has 1 aromatic carbocycles. The van der Waals surface area contributed by atoms with Crippen molar-refractivity contribution in [2.24, 2.45) is 5.73 Å². The van der Waals surface area contributed by atoms with Crippen LogP contribution in [0.3, 0.4) is 0 Å². The van der Waals surface area contributed by atoms with Crippen LogP contribution in [-0.2, 0) is 6.42 Å². The van der Waals surface area contributed by atoms with E-state index in [-0.39, 0.29) is 17.9 Å². The molecule has 0 amide bonds. The highest BCUT2D eigenvalue weighted by Crippen LogP contribution is 2.28. The third-order valence-electron chi connectivity index (χ3n) is 2.33. The van der Waals surface area contributed by atoms with Crippen LogP contribution in [0.1, 0.15) is 12.5 Å². The Labute approximate surface area is 119 Å². The summed E-state index contributed by atoms with van der Waals surface area (Å²) in [6.07, 6.45) is 4.00. The summed E-state index contributed by atoms with van der Waals surface area (Å²) in [4.78, 5) is 8.13. The third kappa shape index (κ3) is 3.97. The van der Waals surface area contributed by atoms with E-state index in [4.69, 9.17) is 10.5 Å². The van der Waals surface area contributed by atoms with Crippen molar-refractivity contribution in [3.8, 4) is 11.8 Å². The van der Waals surface area contributed by atoms with Gasteiger partial charge in [0.15, 0.2) is 0 Å². The lowest BCUT2D eigenvalue weighted by Gasteiger charge is -2.07. The number of rotatable bonds is 4. The van der Waals surface area contributed by atoms with Crippen molar-refractivity contribution in [2.45, 2.75) is 19.4 Å². The van der Waals surface area contributed by atoms with Crippen molar-refractivity contribution < 1.29 is 9.13 Å². The zero-order valence-electron chi connectivity index (χ0n) is 10.3. The molecule has 0 radical (unpaired) electrons. The molecule has 100 valence electrons. The molecule has 19 heavy (non-hydrogen) atoms. The average molecular weight is 326 g/mol. The number of hydrogen-bond donors (Lipinski definition) is 1. The van der Waals surface area contributed by atoms with E-state index in [0.29, 0.717) is 16.6 Å². The number of nitrogens with zero attached hydrogens (tertiary/aromatic N) is 2. The zero-order chi connectivity index (χ0) is 13.8. The smallest absolute Gasteiger partial charge is 0.321 e. The quantitative estimate of drug-likeness (QED) is 0.938. The molecule has 0 spiro atoms. The Kier molecular flexibility index (Phi) is 4.44. The predicted octanol–water partition coefficient (Wildman–Crippen LogP) is 3.06. The molecule has 2 rings (SSSR count). The first-order chi connectivity index (χ1) is 9.04. The first-order valence-electron chi connectivity index (χ1n) is 5.74. The summed E-state index contributed by atoms with van der Waals surface area (Å²) in [5.41, 5.74) is 6.62. The van der Waals surface area contributed by atoms with Crippen LogP contribution in [0.15, 0.2) is 35.1 Å². The van der Waals surface area contributed by atoms with Gasteiger partial charge in [0, 0.05) is 24.5 Å². The van der Waals surface area contributed by atoms with E-state index in [1.165, 1.54) is 12.1 Å². The molecular formula is C13H13BrFN3O. The number of hydrogen-bond acceptors (Lipinski definition) is 4. The summed E-state index contributed by atoms with van der Waals surface area (Å²) in [7, 11) is 0. The first kappa shape index (κ1) is 13.9. The Morgan fingerprint density at radius 3 is 2.68 bits per heavy atom. The van der Waals surface area contributed by atoms with E-state index in [1.54, 1.807) is 18.5 Å². The van der Waals surface area contributed by atoms with Crippen molar-refractivity contribution in [3.63, 3.8) is 0 Å². The highest BCUT2D eigenvalue weighted by atomic mass is 79.9. The summed E-state index contributed by atoms with van der Waals surface area (Å²) in [5, 5.41) is 0. The second kappa shape index (κ2) is 6.08. The Morgan fingerprint density at radius 2 is 2.05 bits per heavy atom. The third-order valence-corrected chi connectivity index (χ3v) is 2.99. The molecular weight excluding hydrogens is 313 g/mol. The summed E-state index contributed by atoms with van der Waals surface area (Å²) < 4.78 is 19.1. The van der Waals surface area contributed by atoms with Gasteiger partial charge in [-0.15, -0.1) is 0 Å². The minimum absolute atomic E-state index is 0.0488. The summed E-state index contributed by atoms with van der Waals surface area (Å²) in [6.45, 7) is 1.91. The molecule has 6 heteroatoms. The fraction of sp³-hybridized carbons (Fsp3) is 0.231. The van der Waals surface area contributed by atoms with Gasteiger partial charge in [0.05, 0.1) is 4.47 Å². The number of benzene rings is 1. The van der Waals surface area contributed by atoms with Crippen LogP contribution in [0.5, 0.6) is 11.8 Å². The van der Waals surface area contributed by atoms with E-state index in [2.05, 4.69) is 25.9 Å². The molecule has 1 aromatic heterocycles. The molecule has 4 nitrogen and oxygen atoms in total. The van der Waals surface area contributed by atoms with Crippen LogP contribution in [0.4, 0.5) is 4.39 Å². The van der Waals surface area contributed by atoms with E-state index in [0.717, 1.165) is 5.56 Å². The van der Waals surface area contributed by atoms with Gasteiger partial charge in [0.1, 0.15) is 11.6 Å². The van der Waals surface area contributed by atoms with Gasteiger partial charge in [-0.2, -0.15) is 0 Å². The molecule has 0 aliphatic rings. The largest absolute Gasteiger partial charge is 0.423 e. The van der Waals surface area contributed by atoms with Gasteiger partial charge < -0.3 is 10.5 Å². The van der Waals surface area contributed by atoms with Crippen LogP contribution in [-0.4, -0.2) is 16.0 Å². The number of halogens is 2. The maximum atomic E-state index is 13.1. The van der Waals surface area contributed by atoms with E-state index >= 15 is 0 Å². The molecule has 2 aromatic rings. The summed E-state index contributed by atoms with van der Waals surface area (Å²) >= 11 is 3.27. The minimum atomic E-state index is -0.383. The van der Waals surface area contributed by atoms with E-state index < -0.39 is 0 Å². The molecule has 1 unspecified atom stereocenters. The predicted molar refractivity (Wildman–Crippen MR) is 73.6 cm³/mol. The lowest BCUT2D eigenvalue weighted by Crippen LogP contribution is -2.17. The van der Waals surface area contributed by atoms with Crippen LogP contribution in [0, 0.1) is 5.82 Å². The molecule has 0 saturated heterocycles. The molecule has 0 saturated carbocycles. The summed E-state index contributed by atoms with van der Waals surface area (Å²) in [5.74, 6) is -0.0493. The van der Waals surface area contributed by atoms with Gasteiger partial charge in [0.2, 0.25) is 0 Å². The van der Waals surface area contributed by atoms with Gasteiger partial charge in [-0.3, -0.25) is 0 Å². The van der Waals surface area contributed by atoms with Crippen molar-refractivity contribution in [1.82, 2.24) is 9.97 Å².